The van der Waals surface area contributed by atoms with Crippen molar-refractivity contribution in [3.8, 4) is 0 Å². The predicted molar refractivity (Wildman–Crippen MR) is 71.8 cm³/mol. The van der Waals surface area contributed by atoms with Gasteiger partial charge in [-0.05, 0) is 18.2 Å². The number of nitrogens with one attached hydrogen (secondary N) is 1. The molecule has 0 spiro atoms. The third-order valence-corrected chi connectivity index (χ3v) is 2.68. The Hall–Kier alpha value is -1.16. The van der Waals surface area contributed by atoms with Crippen molar-refractivity contribution >= 4 is 0 Å². The van der Waals surface area contributed by atoms with Gasteiger partial charge in [-0.25, -0.2) is 0 Å². The van der Waals surface area contributed by atoms with E-state index >= 15 is 0 Å². The van der Waals surface area contributed by atoms with Crippen LogP contribution >= 0.6 is 0 Å². The maximum Gasteiger partial charge on any atom is 0.0558 e. The number of nitrogens with zero attached hydrogens (tertiary/aromatic N) is 1. The van der Waals surface area contributed by atoms with Gasteiger partial charge in [-0.1, -0.05) is 30.3 Å². The Balaban J connectivity index is 2.72. The summed E-state index contributed by atoms with van der Waals surface area (Å²) in [6.07, 6.45) is 1.87. The largest absolute Gasteiger partial charge is 0.395 e. The first kappa shape index (κ1) is 13.9. The third kappa shape index (κ3) is 4.69. The second kappa shape index (κ2) is 8.01. The van der Waals surface area contributed by atoms with Gasteiger partial charge < -0.3 is 10.4 Å². The molecule has 0 atom stereocenters. The second-order valence-electron chi connectivity index (χ2n) is 4.05. The van der Waals surface area contributed by atoms with Gasteiger partial charge in [0, 0.05) is 26.2 Å². The summed E-state index contributed by atoms with van der Waals surface area (Å²) < 4.78 is 0. The first-order valence-electron chi connectivity index (χ1n) is 5.97. The van der Waals surface area contributed by atoms with Crippen molar-refractivity contribution in [2.24, 2.45) is 0 Å². The molecule has 3 heteroatoms. The van der Waals surface area contributed by atoms with Crippen LogP contribution < -0.4 is 5.32 Å². The van der Waals surface area contributed by atoms with Gasteiger partial charge in [0.25, 0.3) is 0 Å². The van der Waals surface area contributed by atoms with Crippen LogP contribution in [-0.2, 0) is 13.1 Å². The minimum Gasteiger partial charge on any atom is -0.395 e. The molecule has 0 unspecified atom stereocenters. The minimum absolute atomic E-state index is 0.183. The number of aliphatic hydroxyl groups excluding tert-OH is 1. The van der Waals surface area contributed by atoms with Gasteiger partial charge in [0.1, 0.15) is 0 Å². The van der Waals surface area contributed by atoms with Crippen molar-refractivity contribution in [3.63, 3.8) is 0 Å². The van der Waals surface area contributed by atoms with Crippen LogP contribution in [0.2, 0.25) is 0 Å². The molecule has 1 rings (SSSR count). The maximum atomic E-state index is 9.03. The van der Waals surface area contributed by atoms with E-state index in [2.05, 4.69) is 41.1 Å². The number of rotatable bonds is 8. The number of benzene rings is 1. The number of hydrogen-bond donors (Lipinski definition) is 2. The summed E-state index contributed by atoms with van der Waals surface area (Å²) in [7, 11) is 1.95. The van der Waals surface area contributed by atoms with E-state index in [1.165, 1.54) is 11.1 Å². The summed E-state index contributed by atoms with van der Waals surface area (Å²) in [4.78, 5) is 2.18. The molecule has 0 amide bonds. The molecule has 0 aliphatic carbocycles. The number of hydrogen-bond acceptors (Lipinski definition) is 3. The van der Waals surface area contributed by atoms with E-state index in [0.717, 1.165) is 19.6 Å². The lowest BCUT2D eigenvalue weighted by atomic mass is 10.1. The molecule has 0 heterocycles. The topological polar surface area (TPSA) is 35.5 Å². The summed E-state index contributed by atoms with van der Waals surface area (Å²) in [5, 5.41) is 12.2. The Morgan fingerprint density at radius 3 is 2.65 bits per heavy atom. The van der Waals surface area contributed by atoms with Crippen LogP contribution in [-0.4, -0.2) is 36.8 Å². The van der Waals surface area contributed by atoms with Gasteiger partial charge in [-0.15, -0.1) is 6.58 Å². The fraction of sp³-hybridized carbons (Fsp3) is 0.429. The van der Waals surface area contributed by atoms with E-state index in [9.17, 15) is 0 Å². The van der Waals surface area contributed by atoms with Crippen LogP contribution in [0.5, 0.6) is 0 Å². The van der Waals surface area contributed by atoms with E-state index in [-0.39, 0.29) is 6.61 Å². The molecule has 0 aromatic heterocycles. The van der Waals surface area contributed by atoms with Crippen LogP contribution in [0.3, 0.4) is 0 Å². The Kier molecular flexibility index (Phi) is 6.55. The van der Waals surface area contributed by atoms with Crippen LogP contribution in [0.15, 0.2) is 36.9 Å². The zero-order chi connectivity index (χ0) is 12.5. The standard InChI is InChI=1S/C14H22N2O/c1-3-8-16(9-10-17)12-14-7-5-4-6-13(14)11-15-2/h3-7,15,17H,1,8-12H2,2H3. The molecule has 0 fully saturated rings. The molecule has 0 bridgehead atoms. The normalized spacial score (nSPS) is 10.8. The van der Waals surface area contributed by atoms with Crippen LogP contribution in [0.1, 0.15) is 11.1 Å². The third-order valence-electron chi connectivity index (χ3n) is 2.68. The van der Waals surface area contributed by atoms with Crippen LogP contribution in [0.25, 0.3) is 0 Å². The molecule has 1 aromatic carbocycles. The van der Waals surface area contributed by atoms with E-state index in [1.54, 1.807) is 0 Å². The van der Waals surface area contributed by atoms with E-state index < -0.39 is 0 Å². The highest BCUT2D eigenvalue weighted by molar-refractivity contribution is 5.27. The monoisotopic (exact) mass is 234 g/mol. The Morgan fingerprint density at radius 2 is 2.06 bits per heavy atom. The molecule has 0 aliphatic heterocycles. The van der Waals surface area contributed by atoms with Crippen molar-refractivity contribution in [2.45, 2.75) is 13.1 Å². The van der Waals surface area contributed by atoms with Crippen molar-refractivity contribution in [2.75, 3.05) is 26.7 Å². The summed E-state index contributed by atoms with van der Waals surface area (Å²) >= 11 is 0. The predicted octanol–water partition coefficient (Wildman–Crippen LogP) is 1.39. The number of aliphatic hydroxyl groups is 1. The Morgan fingerprint density at radius 1 is 1.35 bits per heavy atom. The fourth-order valence-electron chi connectivity index (χ4n) is 1.87. The zero-order valence-corrected chi connectivity index (χ0v) is 10.5. The molecule has 17 heavy (non-hydrogen) atoms. The first-order valence-corrected chi connectivity index (χ1v) is 5.97. The molecule has 0 aliphatic rings. The molecule has 0 radical (unpaired) electrons. The first-order chi connectivity index (χ1) is 8.31. The van der Waals surface area contributed by atoms with Crippen molar-refractivity contribution < 1.29 is 5.11 Å². The lowest BCUT2D eigenvalue weighted by molar-refractivity contribution is 0.203. The molecule has 0 saturated carbocycles. The van der Waals surface area contributed by atoms with Gasteiger partial charge in [0.2, 0.25) is 0 Å². The Bertz CT molecular complexity index is 339. The zero-order valence-electron chi connectivity index (χ0n) is 10.5. The van der Waals surface area contributed by atoms with Gasteiger partial charge in [-0.2, -0.15) is 0 Å². The Labute approximate surface area is 104 Å². The average molecular weight is 234 g/mol. The minimum atomic E-state index is 0.183. The lowest BCUT2D eigenvalue weighted by Gasteiger charge is -2.21. The van der Waals surface area contributed by atoms with Gasteiger partial charge >= 0.3 is 0 Å². The van der Waals surface area contributed by atoms with Crippen molar-refractivity contribution in [1.82, 2.24) is 10.2 Å². The summed E-state index contributed by atoms with van der Waals surface area (Å²) in [5.74, 6) is 0. The summed E-state index contributed by atoms with van der Waals surface area (Å²) in [6, 6.07) is 8.39. The highest BCUT2D eigenvalue weighted by atomic mass is 16.3. The maximum absolute atomic E-state index is 9.03. The molecular formula is C14H22N2O. The van der Waals surface area contributed by atoms with Gasteiger partial charge in [0.05, 0.1) is 6.61 Å². The molecule has 3 nitrogen and oxygen atoms in total. The summed E-state index contributed by atoms with van der Waals surface area (Å²) in [6.45, 7) is 7.13. The highest BCUT2D eigenvalue weighted by Crippen LogP contribution is 2.11. The summed E-state index contributed by atoms with van der Waals surface area (Å²) in [5.41, 5.74) is 2.61. The molecule has 2 N–H and O–H groups in total. The SMILES string of the molecule is C=CCN(CCO)Cc1ccccc1CNC. The smallest absolute Gasteiger partial charge is 0.0558 e. The van der Waals surface area contributed by atoms with Crippen molar-refractivity contribution in [1.29, 1.82) is 0 Å². The van der Waals surface area contributed by atoms with Crippen LogP contribution in [0, 0.1) is 0 Å². The van der Waals surface area contributed by atoms with E-state index in [4.69, 9.17) is 5.11 Å². The lowest BCUT2D eigenvalue weighted by Crippen LogP contribution is -2.27. The van der Waals surface area contributed by atoms with E-state index in [1.807, 2.05) is 13.1 Å². The van der Waals surface area contributed by atoms with Gasteiger partial charge in [-0.3, -0.25) is 4.90 Å². The molecule has 94 valence electrons. The van der Waals surface area contributed by atoms with E-state index in [0.29, 0.717) is 6.54 Å². The molecular weight excluding hydrogens is 212 g/mol. The quantitative estimate of drug-likeness (QED) is 0.667. The second-order valence-corrected chi connectivity index (χ2v) is 4.05. The molecule has 0 saturated heterocycles. The fourth-order valence-corrected chi connectivity index (χ4v) is 1.87. The van der Waals surface area contributed by atoms with Gasteiger partial charge in [0.15, 0.2) is 0 Å². The molecule has 1 aromatic rings. The van der Waals surface area contributed by atoms with Crippen LogP contribution in [0.4, 0.5) is 0 Å². The average Bonchev–Trinajstić information content (AvgIpc) is 2.33. The van der Waals surface area contributed by atoms with Crippen molar-refractivity contribution in [3.05, 3.63) is 48.0 Å². The highest BCUT2D eigenvalue weighted by Gasteiger charge is 2.06.